The summed E-state index contributed by atoms with van der Waals surface area (Å²) in [5.74, 6) is -2.71. The van der Waals surface area contributed by atoms with Crippen LogP contribution in [0, 0.1) is 17.5 Å². The minimum absolute atomic E-state index is 0.128. The van der Waals surface area contributed by atoms with Crippen LogP contribution >= 0.6 is 0 Å². The number of hydrogen-bond donors (Lipinski definition) is 2. The number of carbonyl (C=O) groups is 1. The van der Waals surface area contributed by atoms with Crippen LogP contribution in [0.2, 0.25) is 0 Å². The highest BCUT2D eigenvalue weighted by molar-refractivity contribution is 5.95. The molecule has 0 aliphatic carbocycles. The molecule has 0 unspecified atom stereocenters. The summed E-state index contributed by atoms with van der Waals surface area (Å²) in [5, 5.41) is 2.76. The van der Waals surface area contributed by atoms with Crippen LogP contribution in [0.3, 0.4) is 0 Å². The molecule has 0 aliphatic rings. The zero-order valence-electron chi connectivity index (χ0n) is 11.3. The quantitative estimate of drug-likeness (QED) is 0.760. The lowest BCUT2D eigenvalue weighted by Crippen LogP contribution is -2.16. The number of H-pyrrole nitrogens is 1. The van der Waals surface area contributed by atoms with Crippen molar-refractivity contribution in [3.05, 3.63) is 65.6 Å². The summed E-state index contributed by atoms with van der Waals surface area (Å²) >= 11 is 0. The predicted octanol–water partition coefficient (Wildman–Crippen LogP) is 3.77. The molecule has 112 valence electrons. The molecule has 0 radical (unpaired) electrons. The van der Waals surface area contributed by atoms with Gasteiger partial charge >= 0.3 is 0 Å². The molecule has 1 amide bonds. The van der Waals surface area contributed by atoms with E-state index in [1.54, 1.807) is 12.3 Å². The van der Waals surface area contributed by atoms with E-state index in [1.807, 2.05) is 0 Å². The Morgan fingerprint density at radius 3 is 2.55 bits per heavy atom. The molecule has 1 aromatic heterocycles. The molecule has 2 aromatic carbocycles. The lowest BCUT2D eigenvalue weighted by atomic mass is 10.1. The molecule has 0 fully saturated rings. The monoisotopic (exact) mass is 304 g/mol. The molecule has 3 rings (SSSR count). The van der Waals surface area contributed by atoms with Crippen molar-refractivity contribution in [2.75, 3.05) is 5.32 Å². The Hall–Kier alpha value is -2.76. The lowest BCUT2D eigenvalue weighted by Gasteiger charge is -2.07. The Balaban J connectivity index is 1.83. The average Bonchev–Trinajstić information content (AvgIpc) is 2.85. The van der Waals surface area contributed by atoms with E-state index in [0.29, 0.717) is 16.5 Å². The standard InChI is InChI=1S/C16H11F3N2O/c17-10-4-5-14-11(7-10)9(8-20-14)6-15(22)21-16-12(18)2-1-3-13(16)19/h1-5,7-8,20H,6H2,(H,21,22). The molecule has 0 spiro atoms. The van der Waals surface area contributed by atoms with Crippen LogP contribution in [-0.2, 0) is 11.2 Å². The number of aromatic nitrogens is 1. The average molecular weight is 304 g/mol. The van der Waals surface area contributed by atoms with Crippen molar-refractivity contribution < 1.29 is 18.0 Å². The van der Waals surface area contributed by atoms with Crippen LogP contribution in [0.5, 0.6) is 0 Å². The van der Waals surface area contributed by atoms with E-state index in [4.69, 9.17) is 0 Å². The summed E-state index contributed by atoms with van der Waals surface area (Å²) in [6.07, 6.45) is 1.44. The van der Waals surface area contributed by atoms with Crippen molar-refractivity contribution >= 4 is 22.5 Å². The van der Waals surface area contributed by atoms with Crippen LogP contribution in [0.25, 0.3) is 10.9 Å². The Labute approximate surface area is 123 Å². The zero-order valence-corrected chi connectivity index (χ0v) is 11.3. The molecule has 0 saturated heterocycles. The molecule has 3 nitrogen and oxygen atoms in total. The molecule has 0 atom stereocenters. The Kier molecular flexibility index (Phi) is 3.58. The van der Waals surface area contributed by atoms with Gasteiger partial charge in [-0.05, 0) is 35.9 Å². The fourth-order valence-corrected chi connectivity index (χ4v) is 2.27. The van der Waals surface area contributed by atoms with E-state index in [-0.39, 0.29) is 6.42 Å². The van der Waals surface area contributed by atoms with Crippen LogP contribution in [0.1, 0.15) is 5.56 Å². The first-order valence-electron chi connectivity index (χ1n) is 6.54. The summed E-state index contributed by atoms with van der Waals surface area (Å²) in [5.41, 5.74) is 0.739. The van der Waals surface area contributed by atoms with Gasteiger partial charge in [0.05, 0.1) is 6.42 Å². The fraction of sp³-hybridized carbons (Fsp3) is 0.0625. The molecular formula is C16H11F3N2O. The third kappa shape index (κ3) is 2.67. The van der Waals surface area contributed by atoms with Gasteiger partial charge in [0.2, 0.25) is 5.91 Å². The molecule has 22 heavy (non-hydrogen) atoms. The highest BCUT2D eigenvalue weighted by Crippen LogP contribution is 2.22. The largest absolute Gasteiger partial charge is 0.361 e. The maximum Gasteiger partial charge on any atom is 0.229 e. The van der Waals surface area contributed by atoms with Crippen molar-refractivity contribution in [2.24, 2.45) is 0 Å². The van der Waals surface area contributed by atoms with Crippen LogP contribution in [0.15, 0.2) is 42.6 Å². The fourth-order valence-electron chi connectivity index (χ4n) is 2.27. The minimum Gasteiger partial charge on any atom is -0.361 e. The van der Waals surface area contributed by atoms with Gasteiger partial charge in [0.15, 0.2) is 0 Å². The number of aromatic amines is 1. The van der Waals surface area contributed by atoms with Gasteiger partial charge < -0.3 is 10.3 Å². The summed E-state index contributed by atoms with van der Waals surface area (Å²) < 4.78 is 40.2. The van der Waals surface area contributed by atoms with Gasteiger partial charge in [-0.25, -0.2) is 13.2 Å². The number of benzene rings is 2. The maximum absolute atomic E-state index is 13.5. The molecule has 1 heterocycles. The number of para-hydroxylation sites is 1. The smallest absolute Gasteiger partial charge is 0.229 e. The van der Waals surface area contributed by atoms with Gasteiger partial charge in [0.25, 0.3) is 0 Å². The van der Waals surface area contributed by atoms with Gasteiger partial charge in [0, 0.05) is 17.1 Å². The first kappa shape index (κ1) is 14.2. The van der Waals surface area contributed by atoms with Crippen LogP contribution in [0.4, 0.5) is 18.9 Å². The number of amides is 1. The summed E-state index contributed by atoms with van der Waals surface area (Å²) in [4.78, 5) is 14.9. The highest BCUT2D eigenvalue weighted by atomic mass is 19.1. The number of halogens is 3. The second-order valence-electron chi connectivity index (χ2n) is 4.83. The topological polar surface area (TPSA) is 44.9 Å². The number of nitrogens with one attached hydrogen (secondary N) is 2. The summed E-state index contributed by atoms with van der Waals surface area (Å²) in [6, 6.07) is 7.49. The van der Waals surface area contributed by atoms with Gasteiger partial charge in [-0.3, -0.25) is 4.79 Å². The summed E-state index contributed by atoms with van der Waals surface area (Å²) in [6.45, 7) is 0. The van der Waals surface area contributed by atoms with E-state index >= 15 is 0 Å². The van der Waals surface area contributed by atoms with E-state index in [2.05, 4.69) is 10.3 Å². The van der Waals surface area contributed by atoms with Gasteiger partial charge in [0.1, 0.15) is 23.1 Å². The predicted molar refractivity (Wildman–Crippen MR) is 76.9 cm³/mol. The van der Waals surface area contributed by atoms with E-state index in [1.165, 1.54) is 18.2 Å². The van der Waals surface area contributed by atoms with E-state index in [0.717, 1.165) is 12.1 Å². The third-order valence-corrected chi connectivity index (χ3v) is 3.31. The van der Waals surface area contributed by atoms with Crippen molar-refractivity contribution in [1.82, 2.24) is 4.98 Å². The number of carbonyl (C=O) groups excluding carboxylic acids is 1. The van der Waals surface area contributed by atoms with Crippen molar-refractivity contribution in [3.8, 4) is 0 Å². The maximum atomic E-state index is 13.5. The first-order chi connectivity index (χ1) is 10.5. The molecule has 0 saturated carbocycles. The minimum atomic E-state index is -0.849. The first-order valence-corrected chi connectivity index (χ1v) is 6.54. The van der Waals surface area contributed by atoms with E-state index in [9.17, 15) is 18.0 Å². The number of rotatable bonds is 3. The molecule has 0 aliphatic heterocycles. The van der Waals surface area contributed by atoms with Gasteiger partial charge in [-0.2, -0.15) is 0 Å². The lowest BCUT2D eigenvalue weighted by molar-refractivity contribution is -0.115. The second-order valence-corrected chi connectivity index (χ2v) is 4.83. The summed E-state index contributed by atoms with van der Waals surface area (Å²) in [7, 11) is 0. The number of hydrogen-bond acceptors (Lipinski definition) is 1. The number of anilines is 1. The molecule has 2 N–H and O–H groups in total. The van der Waals surface area contributed by atoms with E-state index < -0.39 is 29.0 Å². The van der Waals surface area contributed by atoms with Gasteiger partial charge in [-0.15, -0.1) is 0 Å². The molecule has 6 heteroatoms. The molecular weight excluding hydrogens is 293 g/mol. The molecule has 0 bridgehead atoms. The van der Waals surface area contributed by atoms with Crippen LogP contribution < -0.4 is 5.32 Å². The molecule has 3 aromatic rings. The van der Waals surface area contributed by atoms with Crippen molar-refractivity contribution in [3.63, 3.8) is 0 Å². The number of fused-ring (bicyclic) bond motifs is 1. The SMILES string of the molecule is O=C(Cc1c[nH]c2ccc(F)cc12)Nc1c(F)cccc1F. The Morgan fingerprint density at radius 1 is 1.09 bits per heavy atom. The third-order valence-electron chi connectivity index (χ3n) is 3.31. The Morgan fingerprint density at radius 2 is 1.82 bits per heavy atom. The van der Waals surface area contributed by atoms with Crippen molar-refractivity contribution in [1.29, 1.82) is 0 Å². The van der Waals surface area contributed by atoms with Crippen LogP contribution in [-0.4, -0.2) is 10.9 Å². The Bertz CT molecular complexity index is 837. The second kappa shape index (κ2) is 5.55. The van der Waals surface area contributed by atoms with Gasteiger partial charge in [-0.1, -0.05) is 6.07 Å². The highest BCUT2D eigenvalue weighted by Gasteiger charge is 2.14. The van der Waals surface area contributed by atoms with Crippen molar-refractivity contribution in [2.45, 2.75) is 6.42 Å². The zero-order chi connectivity index (χ0) is 15.7. The normalized spacial score (nSPS) is 10.9.